The van der Waals surface area contributed by atoms with Crippen LogP contribution in [0.15, 0.2) is 18.2 Å². The van der Waals surface area contributed by atoms with Crippen molar-refractivity contribution in [3.8, 4) is 17.2 Å². The van der Waals surface area contributed by atoms with Crippen LogP contribution < -0.4 is 19.5 Å². The molecule has 0 bridgehead atoms. The molecule has 0 radical (unpaired) electrons. The van der Waals surface area contributed by atoms with Gasteiger partial charge in [0.1, 0.15) is 12.7 Å². The third kappa shape index (κ3) is 8.59. The molecule has 220 valence electrons. The van der Waals surface area contributed by atoms with Gasteiger partial charge in [0.05, 0.1) is 21.3 Å². The normalized spacial score (nSPS) is 22.0. The second-order valence-corrected chi connectivity index (χ2v) is 8.39. The number of esters is 4. The summed E-state index contributed by atoms with van der Waals surface area (Å²) >= 11 is 0. The number of rotatable bonds is 11. The molecule has 2 rings (SSSR count). The van der Waals surface area contributed by atoms with Gasteiger partial charge in [0.2, 0.25) is 11.7 Å². The molecule has 1 fully saturated rings. The number of carbonyl (C=O) groups is 5. The number of amides is 1. The minimum Gasteiger partial charge on any atom is -0.493 e. The van der Waals surface area contributed by atoms with Crippen LogP contribution in [0.3, 0.4) is 0 Å². The summed E-state index contributed by atoms with van der Waals surface area (Å²) in [5, 5.41) is 2.53. The van der Waals surface area contributed by atoms with Crippen molar-refractivity contribution in [2.24, 2.45) is 0 Å². The summed E-state index contributed by atoms with van der Waals surface area (Å²) < 4.78 is 42.9. The summed E-state index contributed by atoms with van der Waals surface area (Å²) in [6.45, 7) is 4.03. The van der Waals surface area contributed by atoms with Crippen LogP contribution in [0.2, 0.25) is 0 Å². The summed E-state index contributed by atoms with van der Waals surface area (Å²) in [5.74, 6) is -2.70. The highest BCUT2D eigenvalue weighted by atomic mass is 16.7. The van der Waals surface area contributed by atoms with Crippen molar-refractivity contribution in [1.29, 1.82) is 0 Å². The van der Waals surface area contributed by atoms with Gasteiger partial charge in [-0.1, -0.05) is 0 Å². The van der Waals surface area contributed by atoms with Crippen LogP contribution >= 0.6 is 0 Å². The molecule has 1 heterocycles. The fraction of sp³-hybridized carbons (Fsp3) is 0.500. The Hall–Kier alpha value is -4.33. The maximum absolute atomic E-state index is 13.0. The average Bonchev–Trinajstić information content (AvgIpc) is 2.88. The van der Waals surface area contributed by atoms with E-state index in [0.717, 1.165) is 33.8 Å². The summed E-state index contributed by atoms with van der Waals surface area (Å²) in [4.78, 5) is 60.1. The molecule has 14 heteroatoms. The molecule has 1 aliphatic rings. The van der Waals surface area contributed by atoms with Crippen LogP contribution in [0.1, 0.15) is 33.3 Å². The predicted molar refractivity (Wildman–Crippen MR) is 135 cm³/mol. The second kappa shape index (κ2) is 14.7. The van der Waals surface area contributed by atoms with Gasteiger partial charge in [-0.05, 0) is 18.2 Å². The van der Waals surface area contributed by atoms with E-state index in [4.69, 9.17) is 37.9 Å². The fourth-order valence-corrected chi connectivity index (χ4v) is 3.95. The minimum atomic E-state index is -1.44. The van der Waals surface area contributed by atoms with Gasteiger partial charge in [-0.15, -0.1) is 0 Å². The molecule has 0 saturated carbocycles. The molecule has 0 spiro atoms. The van der Waals surface area contributed by atoms with Crippen molar-refractivity contribution in [2.75, 3.05) is 27.9 Å². The first-order valence-corrected chi connectivity index (χ1v) is 12.0. The number of hydrogen-bond acceptors (Lipinski definition) is 13. The Morgan fingerprint density at radius 2 is 1.35 bits per heavy atom. The molecular weight excluding hydrogens is 534 g/mol. The molecule has 14 nitrogen and oxygen atoms in total. The number of nitrogens with one attached hydrogen (secondary N) is 1. The largest absolute Gasteiger partial charge is 0.493 e. The zero-order chi connectivity index (χ0) is 30.0. The van der Waals surface area contributed by atoms with E-state index in [-0.39, 0.29) is 0 Å². The summed E-state index contributed by atoms with van der Waals surface area (Å²) in [5.41, 5.74) is 0.469. The van der Waals surface area contributed by atoms with Crippen molar-refractivity contribution in [2.45, 2.75) is 58.3 Å². The molecular formula is C26H33NO13. The SMILES string of the molecule is COc1ccc(/C=C/C(=O)N[C@@H]2O[C@H](COC(C)=O)[C@H](OC(C)=O)[C@H](OC(C)=O)[C@H]2OC(C)=O)c(OC)c1OC. The van der Waals surface area contributed by atoms with E-state index >= 15 is 0 Å². The maximum atomic E-state index is 13.0. The molecule has 5 atom stereocenters. The molecule has 0 aromatic heterocycles. The lowest BCUT2D eigenvalue weighted by molar-refractivity contribution is -0.256. The van der Waals surface area contributed by atoms with Gasteiger partial charge in [0.15, 0.2) is 36.0 Å². The van der Waals surface area contributed by atoms with Crippen molar-refractivity contribution >= 4 is 35.9 Å². The smallest absolute Gasteiger partial charge is 0.303 e. The second-order valence-electron chi connectivity index (χ2n) is 8.39. The average molecular weight is 568 g/mol. The number of benzene rings is 1. The van der Waals surface area contributed by atoms with Gasteiger partial charge in [0.25, 0.3) is 0 Å². The van der Waals surface area contributed by atoms with Gasteiger partial charge in [-0.2, -0.15) is 0 Å². The van der Waals surface area contributed by atoms with Crippen LogP contribution in [0.5, 0.6) is 17.2 Å². The van der Waals surface area contributed by atoms with Crippen molar-refractivity contribution in [3.05, 3.63) is 23.8 Å². The van der Waals surface area contributed by atoms with E-state index in [1.807, 2.05) is 0 Å². The highest BCUT2D eigenvalue weighted by Gasteiger charge is 2.52. The van der Waals surface area contributed by atoms with Crippen molar-refractivity contribution in [1.82, 2.24) is 5.32 Å². The summed E-state index contributed by atoms with van der Waals surface area (Å²) in [6.07, 6.45) is -4.23. The fourth-order valence-electron chi connectivity index (χ4n) is 3.95. The van der Waals surface area contributed by atoms with E-state index in [1.54, 1.807) is 12.1 Å². The standard InChI is InChI=1S/C26H33NO13/c1-13(28)36-12-19-23(37-14(2)29)24(38-15(3)30)25(39-16(4)31)26(40-19)27-20(32)11-9-17-8-10-18(33-5)22(35-7)21(17)34-6/h8-11,19,23-26H,12H2,1-7H3,(H,27,32)/b11-9+/t19-,23+,24+,25-,26-/m1/s1. The van der Waals surface area contributed by atoms with Gasteiger partial charge < -0.3 is 43.2 Å². The maximum Gasteiger partial charge on any atom is 0.303 e. The zero-order valence-electron chi connectivity index (χ0n) is 23.2. The molecule has 0 aliphatic carbocycles. The van der Waals surface area contributed by atoms with E-state index < -0.39 is 67.0 Å². The predicted octanol–water partition coefficient (Wildman–Crippen LogP) is 0.925. The highest BCUT2D eigenvalue weighted by molar-refractivity contribution is 5.92. The summed E-state index contributed by atoms with van der Waals surface area (Å²) in [6, 6.07) is 3.26. The van der Waals surface area contributed by atoms with E-state index in [1.165, 1.54) is 27.4 Å². The lowest BCUT2D eigenvalue weighted by Gasteiger charge is -2.44. The number of ether oxygens (including phenoxy) is 8. The van der Waals surface area contributed by atoms with Gasteiger partial charge in [-0.25, -0.2) is 0 Å². The Balaban J connectivity index is 2.42. The summed E-state index contributed by atoms with van der Waals surface area (Å²) in [7, 11) is 4.32. The number of methoxy groups -OCH3 is 3. The molecule has 1 saturated heterocycles. The molecule has 1 aromatic carbocycles. The van der Waals surface area contributed by atoms with Crippen LogP contribution in [0.4, 0.5) is 0 Å². The Labute approximate surface area is 230 Å². The zero-order valence-corrected chi connectivity index (χ0v) is 23.2. The quantitative estimate of drug-likeness (QED) is 0.228. The third-order valence-corrected chi connectivity index (χ3v) is 5.42. The molecule has 1 N–H and O–H groups in total. The van der Waals surface area contributed by atoms with Gasteiger partial charge >= 0.3 is 23.9 Å². The first-order chi connectivity index (χ1) is 18.9. The monoisotopic (exact) mass is 567 g/mol. The van der Waals surface area contributed by atoms with E-state index in [2.05, 4.69) is 5.32 Å². The molecule has 1 aromatic rings. The lowest BCUT2D eigenvalue weighted by Crippen LogP contribution is -2.66. The molecule has 40 heavy (non-hydrogen) atoms. The van der Waals surface area contributed by atoms with E-state index in [0.29, 0.717) is 22.8 Å². The topological polar surface area (TPSA) is 171 Å². The van der Waals surface area contributed by atoms with Crippen LogP contribution in [0, 0.1) is 0 Å². The van der Waals surface area contributed by atoms with Gasteiger partial charge in [-0.3, -0.25) is 24.0 Å². The molecule has 1 aliphatic heterocycles. The Morgan fingerprint density at radius 3 is 1.88 bits per heavy atom. The lowest BCUT2D eigenvalue weighted by atomic mass is 9.97. The Morgan fingerprint density at radius 1 is 0.775 bits per heavy atom. The third-order valence-electron chi connectivity index (χ3n) is 5.42. The molecule has 1 amide bonds. The Bertz CT molecular complexity index is 1130. The molecule has 0 unspecified atom stereocenters. The highest BCUT2D eigenvalue weighted by Crippen LogP contribution is 2.40. The van der Waals surface area contributed by atoms with E-state index in [9.17, 15) is 24.0 Å². The van der Waals surface area contributed by atoms with Gasteiger partial charge in [0, 0.05) is 39.3 Å². The first kappa shape index (κ1) is 31.9. The van der Waals surface area contributed by atoms with Crippen LogP contribution in [0.25, 0.3) is 6.08 Å². The minimum absolute atomic E-state index is 0.304. The van der Waals surface area contributed by atoms with Crippen LogP contribution in [-0.2, 0) is 47.7 Å². The van der Waals surface area contributed by atoms with Crippen molar-refractivity contribution in [3.63, 3.8) is 0 Å². The number of hydrogen-bond donors (Lipinski definition) is 1. The Kier molecular flexibility index (Phi) is 11.7. The van der Waals surface area contributed by atoms with Crippen molar-refractivity contribution < 1.29 is 61.9 Å². The number of carbonyl (C=O) groups excluding carboxylic acids is 5. The first-order valence-electron chi connectivity index (χ1n) is 12.0. The van der Waals surface area contributed by atoms with Crippen LogP contribution in [-0.4, -0.2) is 88.4 Å².